The van der Waals surface area contributed by atoms with E-state index in [1.807, 2.05) is 42.2 Å². The number of rotatable bonds is 4. The molecule has 0 bridgehead atoms. The number of piperazine rings is 1. The molecule has 128 valence electrons. The largest absolute Gasteiger partial charge is 0.392 e. The Balaban J connectivity index is 1.74. The van der Waals surface area contributed by atoms with Gasteiger partial charge >= 0.3 is 0 Å². The van der Waals surface area contributed by atoms with E-state index in [0.29, 0.717) is 31.2 Å². The summed E-state index contributed by atoms with van der Waals surface area (Å²) in [5.41, 5.74) is 1.62. The van der Waals surface area contributed by atoms with Crippen molar-refractivity contribution in [3.63, 3.8) is 0 Å². The molecule has 1 N–H and O–H groups in total. The smallest absolute Gasteiger partial charge is 0.253 e. The molecule has 2 atom stereocenters. The van der Waals surface area contributed by atoms with Crippen molar-refractivity contribution in [2.45, 2.75) is 32.4 Å². The van der Waals surface area contributed by atoms with Gasteiger partial charge in [-0.2, -0.15) is 0 Å². The minimum atomic E-state index is -0.339. The molecule has 0 saturated carbocycles. The molecule has 2 aromatic rings. The highest BCUT2D eigenvalue weighted by molar-refractivity contribution is 5.98. The molecule has 1 saturated heterocycles. The Morgan fingerprint density at radius 2 is 2.21 bits per heavy atom. The van der Waals surface area contributed by atoms with Gasteiger partial charge in [0.25, 0.3) is 5.91 Å². The van der Waals surface area contributed by atoms with Crippen LogP contribution in [0.2, 0.25) is 0 Å². The number of carbonyl (C=O) groups is 1. The number of carbonyl (C=O) groups excluding carboxylic acids is 1. The van der Waals surface area contributed by atoms with Crippen LogP contribution < -0.4 is 0 Å². The van der Waals surface area contributed by atoms with Crippen LogP contribution in [0.15, 0.2) is 36.5 Å². The maximum absolute atomic E-state index is 12.9. The van der Waals surface area contributed by atoms with E-state index >= 15 is 0 Å². The predicted molar refractivity (Wildman–Crippen MR) is 95.0 cm³/mol. The lowest BCUT2D eigenvalue weighted by molar-refractivity contribution is 0.0310. The van der Waals surface area contributed by atoms with Gasteiger partial charge in [0.2, 0.25) is 0 Å². The SMILES string of the molecule is CCC1CN(C(=O)c2ccc3ncccc3c2)CCN1CC(C)O. The summed E-state index contributed by atoms with van der Waals surface area (Å²) >= 11 is 0. The lowest BCUT2D eigenvalue weighted by Crippen LogP contribution is -2.55. The summed E-state index contributed by atoms with van der Waals surface area (Å²) in [4.78, 5) is 21.4. The van der Waals surface area contributed by atoms with Crippen LogP contribution in [0.3, 0.4) is 0 Å². The van der Waals surface area contributed by atoms with Crippen LogP contribution in [0, 0.1) is 0 Å². The number of aliphatic hydroxyl groups excluding tert-OH is 1. The lowest BCUT2D eigenvalue weighted by atomic mass is 10.1. The third-order valence-corrected chi connectivity index (χ3v) is 4.71. The van der Waals surface area contributed by atoms with E-state index in [-0.39, 0.29) is 12.0 Å². The van der Waals surface area contributed by atoms with E-state index in [1.54, 1.807) is 6.20 Å². The van der Waals surface area contributed by atoms with E-state index in [1.165, 1.54) is 0 Å². The summed E-state index contributed by atoms with van der Waals surface area (Å²) in [5.74, 6) is 0.0795. The van der Waals surface area contributed by atoms with Gasteiger partial charge < -0.3 is 10.0 Å². The minimum absolute atomic E-state index is 0.0795. The number of amides is 1. The molecular weight excluding hydrogens is 302 g/mol. The van der Waals surface area contributed by atoms with Gasteiger partial charge in [-0.3, -0.25) is 14.7 Å². The molecule has 1 aromatic heterocycles. The number of hydrogen-bond donors (Lipinski definition) is 1. The van der Waals surface area contributed by atoms with E-state index in [9.17, 15) is 9.90 Å². The Morgan fingerprint density at radius 3 is 2.96 bits per heavy atom. The maximum Gasteiger partial charge on any atom is 0.253 e. The van der Waals surface area contributed by atoms with Gasteiger partial charge in [-0.15, -0.1) is 0 Å². The molecule has 0 spiro atoms. The number of pyridine rings is 1. The van der Waals surface area contributed by atoms with Crippen LogP contribution in [-0.2, 0) is 0 Å². The van der Waals surface area contributed by atoms with Crippen LogP contribution in [0.4, 0.5) is 0 Å². The number of aliphatic hydroxyl groups is 1. The number of aromatic nitrogens is 1. The predicted octanol–water partition coefficient (Wildman–Crippen LogP) is 2.15. The minimum Gasteiger partial charge on any atom is -0.392 e. The molecule has 5 heteroatoms. The van der Waals surface area contributed by atoms with Crippen LogP contribution in [0.25, 0.3) is 10.9 Å². The first-order valence-electron chi connectivity index (χ1n) is 8.64. The summed E-state index contributed by atoms with van der Waals surface area (Å²) in [5, 5.41) is 10.6. The third kappa shape index (κ3) is 3.57. The average molecular weight is 327 g/mol. The summed E-state index contributed by atoms with van der Waals surface area (Å²) in [7, 11) is 0. The summed E-state index contributed by atoms with van der Waals surface area (Å²) in [6.45, 7) is 6.84. The van der Waals surface area contributed by atoms with Crippen molar-refractivity contribution in [2.75, 3.05) is 26.2 Å². The quantitative estimate of drug-likeness (QED) is 0.935. The van der Waals surface area contributed by atoms with Crippen molar-refractivity contribution in [3.8, 4) is 0 Å². The molecular formula is C19H25N3O2. The second-order valence-corrected chi connectivity index (χ2v) is 6.57. The molecule has 1 fully saturated rings. The van der Waals surface area contributed by atoms with Gasteiger partial charge in [-0.1, -0.05) is 13.0 Å². The first-order chi connectivity index (χ1) is 11.6. The van der Waals surface area contributed by atoms with Gasteiger partial charge in [0.05, 0.1) is 11.6 Å². The molecule has 5 nitrogen and oxygen atoms in total. The highest BCUT2D eigenvalue weighted by atomic mass is 16.3. The highest BCUT2D eigenvalue weighted by Gasteiger charge is 2.29. The van der Waals surface area contributed by atoms with E-state index < -0.39 is 0 Å². The first-order valence-corrected chi connectivity index (χ1v) is 8.64. The van der Waals surface area contributed by atoms with Gasteiger partial charge in [0.1, 0.15) is 0 Å². The third-order valence-electron chi connectivity index (χ3n) is 4.71. The average Bonchev–Trinajstić information content (AvgIpc) is 2.60. The molecule has 1 aromatic carbocycles. The molecule has 2 heterocycles. The topological polar surface area (TPSA) is 56.7 Å². The second kappa shape index (κ2) is 7.28. The Kier molecular flexibility index (Phi) is 5.11. The fraction of sp³-hybridized carbons (Fsp3) is 0.474. The zero-order valence-corrected chi connectivity index (χ0v) is 14.4. The van der Waals surface area contributed by atoms with Crippen molar-refractivity contribution in [3.05, 3.63) is 42.1 Å². The van der Waals surface area contributed by atoms with Gasteiger partial charge in [0, 0.05) is 49.4 Å². The fourth-order valence-corrected chi connectivity index (χ4v) is 3.44. The number of hydrogen-bond acceptors (Lipinski definition) is 4. The van der Waals surface area contributed by atoms with Crippen molar-refractivity contribution in [1.82, 2.24) is 14.8 Å². The summed E-state index contributed by atoms with van der Waals surface area (Å²) in [6, 6.07) is 9.87. The number of β-amino-alcohol motifs (C(OH)–C–C–N with tert-alkyl or cyclic N) is 1. The highest BCUT2D eigenvalue weighted by Crippen LogP contribution is 2.19. The molecule has 24 heavy (non-hydrogen) atoms. The Hall–Kier alpha value is -1.98. The maximum atomic E-state index is 12.9. The standard InChI is InChI=1S/C19H25N3O2/c1-3-17-13-22(10-9-21(17)12-14(2)23)19(24)16-6-7-18-15(11-16)5-4-8-20-18/h4-8,11,14,17,23H,3,9-10,12-13H2,1-2H3. The van der Waals surface area contributed by atoms with E-state index in [0.717, 1.165) is 23.9 Å². The molecule has 2 unspecified atom stereocenters. The summed E-state index contributed by atoms with van der Waals surface area (Å²) in [6.07, 6.45) is 2.39. The normalized spacial score (nSPS) is 20.3. The molecule has 0 aliphatic carbocycles. The molecule has 1 amide bonds. The number of benzene rings is 1. The Morgan fingerprint density at radius 1 is 1.38 bits per heavy atom. The molecule has 1 aliphatic heterocycles. The Labute approximate surface area is 142 Å². The monoisotopic (exact) mass is 327 g/mol. The number of nitrogens with zero attached hydrogens (tertiary/aromatic N) is 3. The zero-order valence-electron chi connectivity index (χ0n) is 14.4. The molecule has 0 radical (unpaired) electrons. The summed E-state index contributed by atoms with van der Waals surface area (Å²) < 4.78 is 0. The lowest BCUT2D eigenvalue weighted by Gasteiger charge is -2.41. The van der Waals surface area contributed by atoms with Gasteiger partial charge in [-0.25, -0.2) is 0 Å². The fourth-order valence-electron chi connectivity index (χ4n) is 3.44. The first kappa shape index (κ1) is 16.9. The van der Waals surface area contributed by atoms with Crippen molar-refractivity contribution >= 4 is 16.8 Å². The van der Waals surface area contributed by atoms with Gasteiger partial charge in [0.15, 0.2) is 0 Å². The molecule has 1 aliphatic rings. The Bertz CT molecular complexity index is 717. The van der Waals surface area contributed by atoms with Crippen LogP contribution in [0.1, 0.15) is 30.6 Å². The van der Waals surface area contributed by atoms with E-state index in [4.69, 9.17) is 0 Å². The second-order valence-electron chi connectivity index (χ2n) is 6.57. The van der Waals surface area contributed by atoms with Crippen LogP contribution in [0.5, 0.6) is 0 Å². The zero-order chi connectivity index (χ0) is 17.1. The van der Waals surface area contributed by atoms with Crippen LogP contribution >= 0.6 is 0 Å². The van der Waals surface area contributed by atoms with E-state index in [2.05, 4.69) is 16.8 Å². The van der Waals surface area contributed by atoms with Crippen molar-refractivity contribution in [2.24, 2.45) is 0 Å². The van der Waals surface area contributed by atoms with Gasteiger partial charge in [-0.05, 0) is 37.6 Å². The van der Waals surface area contributed by atoms with Crippen molar-refractivity contribution in [1.29, 1.82) is 0 Å². The van der Waals surface area contributed by atoms with Crippen molar-refractivity contribution < 1.29 is 9.90 Å². The molecule has 3 rings (SSSR count). The number of fused-ring (bicyclic) bond motifs is 1. The van der Waals surface area contributed by atoms with Crippen LogP contribution in [-0.4, -0.2) is 64.1 Å².